The Kier molecular flexibility index (Phi) is 3.48. The quantitative estimate of drug-likeness (QED) is 0.709. The van der Waals surface area contributed by atoms with Crippen LogP contribution in [0.15, 0.2) is 42.5 Å². The molecular formula is C13H18O. The first-order valence-corrected chi connectivity index (χ1v) is 4.91. The van der Waals surface area contributed by atoms with Crippen molar-refractivity contribution in [2.24, 2.45) is 5.41 Å². The normalized spacial score (nSPS) is 14.6. The van der Waals surface area contributed by atoms with E-state index in [9.17, 15) is 5.11 Å². The number of rotatable bonds is 2. The van der Waals surface area contributed by atoms with Crippen LogP contribution in [-0.4, -0.2) is 5.11 Å². The van der Waals surface area contributed by atoms with Crippen LogP contribution in [0, 0.1) is 5.41 Å². The van der Waals surface area contributed by atoms with E-state index in [1.807, 2.05) is 42.5 Å². The van der Waals surface area contributed by atoms with Crippen LogP contribution in [0.5, 0.6) is 0 Å². The second kappa shape index (κ2) is 4.43. The van der Waals surface area contributed by atoms with E-state index >= 15 is 0 Å². The van der Waals surface area contributed by atoms with Gasteiger partial charge in [-0.25, -0.2) is 0 Å². The second-order valence-electron chi connectivity index (χ2n) is 4.58. The van der Waals surface area contributed by atoms with Crippen molar-refractivity contribution >= 4 is 0 Å². The lowest BCUT2D eigenvalue weighted by Crippen LogP contribution is -2.01. The Balaban J connectivity index is 2.69. The molecule has 1 nitrogen and oxygen atoms in total. The van der Waals surface area contributed by atoms with Crippen LogP contribution in [0.4, 0.5) is 0 Å². The topological polar surface area (TPSA) is 20.2 Å². The molecule has 1 rings (SSSR count). The van der Waals surface area contributed by atoms with E-state index in [-0.39, 0.29) is 5.41 Å². The van der Waals surface area contributed by atoms with Gasteiger partial charge in [0, 0.05) is 0 Å². The fourth-order valence-corrected chi connectivity index (χ4v) is 1.14. The van der Waals surface area contributed by atoms with Gasteiger partial charge in [0.15, 0.2) is 0 Å². The molecule has 0 radical (unpaired) electrons. The Labute approximate surface area is 86.1 Å². The van der Waals surface area contributed by atoms with Crippen LogP contribution >= 0.6 is 0 Å². The molecule has 0 heterocycles. The van der Waals surface area contributed by atoms with Crippen LogP contribution in [0.25, 0.3) is 0 Å². The van der Waals surface area contributed by atoms with E-state index in [1.165, 1.54) is 0 Å². The molecule has 1 aromatic rings. The third-order valence-corrected chi connectivity index (χ3v) is 1.92. The van der Waals surface area contributed by atoms with Crippen molar-refractivity contribution in [2.45, 2.75) is 26.9 Å². The first-order chi connectivity index (χ1) is 6.49. The molecule has 14 heavy (non-hydrogen) atoms. The predicted octanol–water partition coefficient (Wildman–Crippen LogP) is 3.32. The minimum absolute atomic E-state index is 0.121. The van der Waals surface area contributed by atoms with Crippen LogP contribution in [0.3, 0.4) is 0 Å². The predicted molar refractivity (Wildman–Crippen MR) is 60.0 cm³/mol. The van der Waals surface area contributed by atoms with Crippen molar-refractivity contribution in [3.8, 4) is 0 Å². The molecule has 0 aliphatic carbocycles. The molecule has 0 aromatic heterocycles. The fraction of sp³-hybridized carbons (Fsp3) is 0.385. The average molecular weight is 190 g/mol. The van der Waals surface area contributed by atoms with Gasteiger partial charge >= 0.3 is 0 Å². The third-order valence-electron chi connectivity index (χ3n) is 1.92. The van der Waals surface area contributed by atoms with Gasteiger partial charge < -0.3 is 5.11 Å². The Morgan fingerprint density at radius 2 is 1.71 bits per heavy atom. The zero-order chi connectivity index (χ0) is 10.6. The summed E-state index contributed by atoms with van der Waals surface area (Å²) in [5.41, 5.74) is 1.06. The van der Waals surface area contributed by atoms with Crippen LogP contribution in [0.1, 0.15) is 32.4 Å². The van der Waals surface area contributed by atoms with E-state index in [0.717, 1.165) is 5.56 Å². The lowest BCUT2D eigenvalue weighted by molar-refractivity contribution is 0.227. The molecule has 1 atom stereocenters. The molecule has 1 unspecified atom stereocenters. The molecule has 1 heteroatoms. The van der Waals surface area contributed by atoms with Gasteiger partial charge in [-0.3, -0.25) is 0 Å². The maximum atomic E-state index is 9.80. The highest BCUT2D eigenvalue weighted by Crippen LogP contribution is 2.19. The summed E-state index contributed by atoms with van der Waals surface area (Å²) < 4.78 is 0. The molecule has 0 fully saturated rings. The van der Waals surface area contributed by atoms with Gasteiger partial charge in [0.25, 0.3) is 0 Å². The Hall–Kier alpha value is -1.08. The van der Waals surface area contributed by atoms with E-state index < -0.39 is 6.10 Å². The molecule has 0 saturated heterocycles. The average Bonchev–Trinajstić information content (AvgIpc) is 2.14. The van der Waals surface area contributed by atoms with Crippen molar-refractivity contribution < 1.29 is 5.11 Å². The lowest BCUT2D eigenvalue weighted by atomic mass is 9.95. The highest BCUT2D eigenvalue weighted by Gasteiger charge is 2.07. The van der Waals surface area contributed by atoms with E-state index in [1.54, 1.807) is 0 Å². The van der Waals surface area contributed by atoms with Crippen LogP contribution < -0.4 is 0 Å². The molecule has 0 aliphatic rings. The van der Waals surface area contributed by atoms with Crippen LogP contribution in [-0.2, 0) is 0 Å². The van der Waals surface area contributed by atoms with Crippen molar-refractivity contribution in [1.82, 2.24) is 0 Å². The Bertz CT molecular complexity index is 293. The highest BCUT2D eigenvalue weighted by atomic mass is 16.3. The molecule has 1 aromatic carbocycles. The third kappa shape index (κ3) is 3.75. The van der Waals surface area contributed by atoms with E-state index in [2.05, 4.69) is 20.8 Å². The van der Waals surface area contributed by atoms with Gasteiger partial charge in [0.05, 0.1) is 6.10 Å². The summed E-state index contributed by atoms with van der Waals surface area (Å²) in [5.74, 6) is 0. The summed E-state index contributed by atoms with van der Waals surface area (Å²) in [7, 11) is 0. The van der Waals surface area contributed by atoms with Crippen molar-refractivity contribution in [3.05, 3.63) is 48.0 Å². The second-order valence-corrected chi connectivity index (χ2v) is 4.58. The number of hydrogen-bond acceptors (Lipinski definition) is 1. The number of allylic oxidation sites excluding steroid dienone is 1. The minimum Gasteiger partial charge on any atom is -0.384 e. The number of hydrogen-bond donors (Lipinski definition) is 1. The standard InChI is InChI=1S/C13H18O/c1-13(2,3)10-9-12(14)11-7-5-4-6-8-11/h4-10,12,14H,1-3H3/b10-9+. The molecule has 0 aliphatic heterocycles. The first-order valence-electron chi connectivity index (χ1n) is 4.91. The van der Waals surface area contributed by atoms with Gasteiger partial charge in [0.2, 0.25) is 0 Å². The Morgan fingerprint density at radius 1 is 1.14 bits per heavy atom. The summed E-state index contributed by atoms with van der Waals surface area (Å²) in [5, 5.41) is 9.80. The highest BCUT2D eigenvalue weighted by molar-refractivity contribution is 5.21. The minimum atomic E-state index is -0.490. The van der Waals surface area contributed by atoms with Gasteiger partial charge in [-0.2, -0.15) is 0 Å². The Morgan fingerprint density at radius 3 is 2.21 bits per heavy atom. The molecule has 0 spiro atoms. The maximum Gasteiger partial charge on any atom is 0.0971 e. The molecule has 0 bridgehead atoms. The molecule has 1 N–H and O–H groups in total. The van der Waals surface area contributed by atoms with Gasteiger partial charge in [0.1, 0.15) is 0 Å². The van der Waals surface area contributed by atoms with Crippen molar-refractivity contribution in [3.63, 3.8) is 0 Å². The fourth-order valence-electron chi connectivity index (χ4n) is 1.14. The van der Waals surface area contributed by atoms with Crippen LogP contribution in [0.2, 0.25) is 0 Å². The summed E-state index contributed by atoms with van der Waals surface area (Å²) >= 11 is 0. The van der Waals surface area contributed by atoms with Gasteiger partial charge in [-0.05, 0) is 11.0 Å². The smallest absolute Gasteiger partial charge is 0.0971 e. The molecule has 0 amide bonds. The summed E-state index contributed by atoms with van der Waals surface area (Å²) in [4.78, 5) is 0. The molecule has 76 valence electrons. The summed E-state index contributed by atoms with van der Waals surface area (Å²) in [6.07, 6.45) is 3.38. The zero-order valence-corrected chi connectivity index (χ0v) is 9.07. The van der Waals surface area contributed by atoms with Crippen molar-refractivity contribution in [2.75, 3.05) is 0 Å². The number of aliphatic hydroxyl groups is 1. The maximum absolute atomic E-state index is 9.80. The largest absolute Gasteiger partial charge is 0.384 e. The summed E-state index contributed by atoms with van der Waals surface area (Å²) in [6.45, 7) is 6.34. The van der Waals surface area contributed by atoms with Gasteiger partial charge in [-0.1, -0.05) is 63.3 Å². The monoisotopic (exact) mass is 190 g/mol. The zero-order valence-electron chi connectivity index (χ0n) is 9.07. The van der Waals surface area contributed by atoms with Crippen molar-refractivity contribution in [1.29, 1.82) is 0 Å². The lowest BCUT2D eigenvalue weighted by Gasteiger charge is -2.13. The first kappa shape index (κ1) is 11.0. The molecule has 0 saturated carbocycles. The SMILES string of the molecule is CC(C)(C)/C=C/C(O)c1ccccc1. The van der Waals surface area contributed by atoms with Gasteiger partial charge in [-0.15, -0.1) is 0 Å². The number of aliphatic hydroxyl groups excluding tert-OH is 1. The van der Waals surface area contributed by atoms with E-state index in [4.69, 9.17) is 0 Å². The van der Waals surface area contributed by atoms with E-state index in [0.29, 0.717) is 0 Å². The molecular weight excluding hydrogens is 172 g/mol. The summed E-state index contributed by atoms with van der Waals surface area (Å²) in [6, 6.07) is 9.67. The number of benzene rings is 1.